The number of amides is 1. The first-order chi connectivity index (χ1) is 13.2. The summed E-state index contributed by atoms with van der Waals surface area (Å²) in [7, 11) is 0. The molecule has 2 aromatic carbocycles. The van der Waals surface area contributed by atoms with Gasteiger partial charge >= 0.3 is 0 Å². The SMILES string of the molecule is O=C(CN1CCc2ccccc2C1)N1CCC(Cc2cccc(CO)c2)C1. The van der Waals surface area contributed by atoms with Crippen molar-refractivity contribution in [1.82, 2.24) is 9.80 Å². The van der Waals surface area contributed by atoms with Crippen LogP contribution in [0.25, 0.3) is 0 Å². The summed E-state index contributed by atoms with van der Waals surface area (Å²) in [5, 5.41) is 9.30. The van der Waals surface area contributed by atoms with Crippen LogP contribution in [-0.4, -0.2) is 47.0 Å². The number of carbonyl (C=O) groups is 1. The summed E-state index contributed by atoms with van der Waals surface area (Å²) in [5.41, 5.74) is 5.00. The van der Waals surface area contributed by atoms with Gasteiger partial charge in [-0.1, -0.05) is 48.5 Å². The molecule has 1 atom stereocenters. The van der Waals surface area contributed by atoms with Gasteiger partial charge in [0.25, 0.3) is 0 Å². The van der Waals surface area contributed by atoms with Gasteiger partial charge in [0.1, 0.15) is 0 Å². The van der Waals surface area contributed by atoms with Crippen LogP contribution in [0.1, 0.15) is 28.7 Å². The number of hydrogen-bond acceptors (Lipinski definition) is 3. The van der Waals surface area contributed by atoms with Gasteiger partial charge in [-0.3, -0.25) is 9.69 Å². The van der Waals surface area contributed by atoms with Crippen molar-refractivity contribution < 1.29 is 9.90 Å². The molecule has 4 heteroatoms. The number of fused-ring (bicyclic) bond motifs is 1. The van der Waals surface area contributed by atoms with Crippen molar-refractivity contribution in [1.29, 1.82) is 0 Å². The molecule has 0 radical (unpaired) electrons. The highest BCUT2D eigenvalue weighted by Gasteiger charge is 2.28. The Morgan fingerprint density at radius 3 is 2.70 bits per heavy atom. The van der Waals surface area contributed by atoms with Gasteiger partial charge in [0.2, 0.25) is 5.91 Å². The summed E-state index contributed by atoms with van der Waals surface area (Å²) in [6.07, 6.45) is 3.08. The zero-order valence-corrected chi connectivity index (χ0v) is 15.8. The molecule has 0 bridgehead atoms. The van der Waals surface area contributed by atoms with Crippen LogP contribution >= 0.6 is 0 Å². The van der Waals surface area contributed by atoms with Crippen LogP contribution in [0.5, 0.6) is 0 Å². The molecule has 1 fully saturated rings. The average molecular weight is 364 g/mol. The average Bonchev–Trinajstić information content (AvgIpc) is 3.16. The number of aliphatic hydroxyl groups excluding tert-OH is 1. The molecule has 0 aromatic heterocycles. The van der Waals surface area contributed by atoms with Gasteiger partial charge in [-0.25, -0.2) is 0 Å². The molecule has 4 nitrogen and oxygen atoms in total. The predicted octanol–water partition coefficient (Wildman–Crippen LogP) is 2.63. The van der Waals surface area contributed by atoms with Crippen LogP contribution < -0.4 is 0 Å². The molecule has 1 N–H and O–H groups in total. The molecular formula is C23H28N2O2. The maximum absolute atomic E-state index is 12.8. The second-order valence-corrected chi connectivity index (χ2v) is 7.91. The van der Waals surface area contributed by atoms with E-state index < -0.39 is 0 Å². The number of aliphatic hydroxyl groups is 1. The normalized spacial score (nSPS) is 19.9. The molecule has 27 heavy (non-hydrogen) atoms. The number of carbonyl (C=O) groups excluding carboxylic acids is 1. The van der Waals surface area contributed by atoms with Gasteiger partial charge in [-0.05, 0) is 47.4 Å². The molecule has 0 aliphatic carbocycles. The molecule has 2 aromatic rings. The number of benzene rings is 2. The van der Waals surface area contributed by atoms with E-state index in [2.05, 4.69) is 41.3 Å². The van der Waals surface area contributed by atoms with E-state index in [-0.39, 0.29) is 12.5 Å². The monoisotopic (exact) mass is 364 g/mol. The first kappa shape index (κ1) is 18.2. The van der Waals surface area contributed by atoms with Crippen molar-refractivity contribution in [2.45, 2.75) is 32.4 Å². The largest absolute Gasteiger partial charge is 0.392 e. The van der Waals surface area contributed by atoms with Crippen LogP contribution in [0.2, 0.25) is 0 Å². The third-order valence-corrected chi connectivity index (χ3v) is 5.91. The maximum Gasteiger partial charge on any atom is 0.236 e. The lowest BCUT2D eigenvalue weighted by molar-refractivity contribution is -0.131. The number of nitrogens with zero attached hydrogens (tertiary/aromatic N) is 2. The molecule has 2 heterocycles. The lowest BCUT2D eigenvalue weighted by atomic mass is 9.97. The van der Waals surface area contributed by atoms with Gasteiger partial charge in [-0.2, -0.15) is 0 Å². The smallest absolute Gasteiger partial charge is 0.236 e. The van der Waals surface area contributed by atoms with E-state index >= 15 is 0 Å². The molecule has 142 valence electrons. The molecule has 1 unspecified atom stereocenters. The van der Waals surface area contributed by atoms with Gasteiger partial charge in [0.05, 0.1) is 13.2 Å². The molecule has 0 spiro atoms. The van der Waals surface area contributed by atoms with Crippen molar-refractivity contribution in [3.8, 4) is 0 Å². The summed E-state index contributed by atoms with van der Waals surface area (Å²) >= 11 is 0. The Morgan fingerprint density at radius 2 is 1.85 bits per heavy atom. The first-order valence-corrected chi connectivity index (χ1v) is 9.97. The van der Waals surface area contributed by atoms with Crippen molar-refractivity contribution in [2.75, 3.05) is 26.2 Å². The van der Waals surface area contributed by atoms with Crippen molar-refractivity contribution in [2.24, 2.45) is 5.92 Å². The minimum absolute atomic E-state index is 0.0854. The van der Waals surface area contributed by atoms with E-state index in [0.717, 1.165) is 51.0 Å². The van der Waals surface area contributed by atoms with Gasteiger partial charge in [-0.15, -0.1) is 0 Å². The van der Waals surface area contributed by atoms with Gasteiger partial charge in [0.15, 0.2) is 0 Å². The Morgan fingerprint density at radius 1 is 1.04 bits per heavy atom. The highest BCUT2D eigenvalue weighted by molar-refractivity contribution is 5.78. The quantitative estimate of drug-likeness (QED) is 0.887. The Balaban J connectivity index is 1.29. The molecule has 2 aliphatic heterocycles. The number of likely N-dealkylation sites (tertiary alicyclic amines) is 1. The van der Waals surface area contributed by atoms with E-state index in [9.17, 15) is 9.90 Å². The van der Waals surface area contributed by atoms with Crippen LogP contribution in [-0.2, 0) is 30.8 Å². The topological polar surface area (TPSA) is 43.8 Å². The maximum atomic E-state index is 12.8. The van der Waals surface area contributed by atoms with Crippen molar-refractivity contribution in [3.63, 3.8) is 0 Å². The second kappa shape index (κ2) is 8.24. The zero-order valence-electron chi connectivity index (χ0n) is 15.8. The molecule has 0 saturated carbocycles. The highest BCUT2D eigenvalue weighted by atomic mass is 16.3. The van der Waals surface area contributed by atoms with Crippen molar-refractivity contribution in [3.05, 3.63) is 70.8 Å². The first-order valence-electron chi connectivity index (χ1n) is 9.97. The molecule has 1 amide bonds. The fourth-order valence-electron chi connectivity index (χ4n) is 4.39. The molecular weight excluding hydrogens is 336 g/mol. The van der Waals surface area contributed by atoms with E-state index in [1.807, 2.05) is 17.0 Å². The van der Waals surface area contributed by atoms with Gasteiger partial charge in [0, 0.05) is 26.2 Å². The van der Waals surface area contributed by atoms with Gasteiger partial charge < -0.3 is 10.0 Å². The van der Waals surface area contributed by atoms with Crippen LogP contribution in [0.15, 0.2) is 48.5 Å². The van der Waals surface area contributed by atoms with E-state index in [1.54, 1.807) is 0 Å². The summed E-state index contributed by atoms with van der Waals surface area (Å²) in [6.45, 7) is 4.18. The summed E-state index contributed by atoms with van der Waals surface area (Å²) in [5.74, 6) is 0.783. The van der Waals surface area contributed by atoms with Crippen molar-refractivity contribution >= 4 is 5.91 Å². The minimum atomic E-state index is 0.0854. The Labute approximate surface area is 161 Å². The second-order valence-electron chi connectivity index (χ2n) is 7.91. The summed E-state index contributed by atoms with van der Waals surface area (Å²) < 4.78 is 0. The third-order valence-electron chi connectivity index (χ3n) is 5.91. The standard InChI is InChI=1S/C23H28N2O2/c26-17-20-5-3-4-18(13-20)12-19-8-11-25(14-19)23(27)16-24-10-9-21-6-1-2-7-22(21)15-24/h1-7,13,19,26H,8-12,14-17H2. The van der Waals surface area contributed by atoms with Crippen LogP contribution in [0.3, 0.4) is 0 Å². The number of hydrogen-bond donors (Lipinski definition) is 1. The Bertz CT molecular complexity index is 804. The highest BCUT2D eigenvalue weighted by Crippen LogP contribution is 2.23. The summed E-state index contributed by atoms with van der Waals surface area (Å²) in [4.78, 5) is 17.1. The zero-order chi connectivity index (χ0) is 18.6. The Kier molecular flexibility index (Phi) is 5.55. The molecule has 4 rings (SSSR count). The van der Waals surface area contributed by atoms with E-state index in [4.69, 9.17) is 0 Å². The predicted molar refractivity (Wildman–Crippen MR) is 106 cm³/mol. The minimum Gasteiger partial charge on any atom is -0.392 e. The lowest BCUT2D eigenvalue weighted by Crippen LogP contribution is -2.41. The summed E-state index contributed by atoms with van der Waals surface area (Å²) in [6, 6.07) is 16.7. The Hall–Kier alpha value is -2.17. The number of rotatable bonds is 5. The van der Waals surface area contributed by atoms with E-state index in [0.29, 0.717) is 12.5 Å². The third kappa shape index (κ3) is 4.40. The lowest BCUT2D eigenvalue weighted by Gasteiger charge is -2.29. The fourth-order valence-corrected chi connectivity index (χ4v) is 4.39. The van der Waals surface area contributed by atoms with E-state index in [1.165, 1.54) is 16.7 Å². The fraction of sp³-hybridized carbons (Fsp3) is 0.435. The molecule has 2 aliphatic rings. The molecule has 1 saturated heterocycles. The van der Waals surface area contributed by atoms with Crippen LogP contribution in [0, 0.1) is 5.92 Å². The van der Waals surface area contributed by atoms with Crippen LogP contribution in [0.4, 0.5) is 0 Å².